The second-order valence-corrected chi connectivity index (χ2v) is 4.50. The van der Waals surface area contributed by atoms with Gasteiger partial charge in [0, 0.05) is 5.56 Å². The minimum absolute atomic E-state index is 0.319. The van der Waals surface area contributed by atoms with Crippen molar-refractivity contribution in [3.8, 4) is 5.75 Å². The van der Waals surface area contributed by atoms with E-state index in [1.807, 2.05) is 0 Å². The molecule has 0 amide bonds. The fraction of sp³-hybridized carbons (Fsp3) is 0.462. The number of aliphatic hydroxyl groups is 4. The molecule has 0 unspecified atom stereocenters. The molecule has 1 saturated heterocycles. The average Bonchev–Trinajstić information content (AvgIpc) is 2.48. The molecule has 0 bridgehead atoms. The smallest absolute Gasteiger partial charge is 0.229 e. The Labute approximate surface area is 115 Å². The average molecular weight is 284 g/mol. The van der Waals surface area contributed by atoms with Crippen molar-refractivity contribution < 1.29 is 34.7 Å². The summed E-state index contributed by atoms with van der Waals surface area (Å²) in [5.74, 6) is 0.319. The molecule has 20 heavy (non-hydrogen) atoms. The Morgan fingerprint density at radius 3 is 2.30 bits per heavy atom. The molecule has 0 aromatic heterocycles. The Morgan fingerprint density at radius 1 is 1.10 bits per heavy atom. The van der Waals surface area contributed by atoms with Crippen molar-refractivity contribution >= 4 is 6.29 Å². The Kier molecular flexibility index (Phi) is 4.69. The van der Waals surface area contributed by atoms with Gasteiger partial charge >= 0.3 is 0 Å². The summed E-state index contributed by atoms with van der Waals surface area (Å²) in [7, 11) is 0. The lowest BCUT2D eigenvalue weighted by Crippen LogP contribution is -2.60. The summed E-state index contributed by atoms with van der Waals surface area (Å²) in [4.78, 5) is 10.5. The number of aldehydes is 1. The third-order valence-electron chi connectivity index (χ3n) is 3.12. The number of aliphatic hydroxyl groups excluding tert-OH is 4. The number of benzene rings is 1. The molecule has 110 valence electrons. The molecule has 1 aliphatic heterocycles. The van der Waals surface area contributed by atoms with E-state index in [-0.39, 0.29) is 0 Å². The molecular formula is C13H16O7. The van der Waals surface area contributed by atoms with E-state index < -0.39 is 37.3 Å². The van der Waals surface area contributed by atoms with Crippen LogP contribution >= 0.6 is 0 Å². The van der Waals surface area contributed by atoms with Crippen LogP contribution in [-0.4, -0.2) is 64.0 Å². The van der Waals surface area contributed by atoms with E-state index in [0.29, 0.717) is 17.6 Å². The molecule has 1 fully saturated rings. The summed E-state index contributed by atoms with van der Waals surface area (Å²) in [5, 5.41) is 38.1. The van der Waals surface area contributed by atoms with Crippen LogP contribution < -0.4 is 4.74 Å². The van der Waals surface area contributed by atoms with Gasteiger partial charge in [-0.15, -0.1) is 0 Å². The van der Waals surface area contributed by atoms with Crippen LogP contribution in [0.5, 0.6) is 5.75 Å². The zero-order valence-corrected chi connectivity index (χ0v) is 10.5. The van der Waals surface area contributed by atoms with Crippen LogP contribution in [-0.2, 0) is 4.74 Å². The van der Waals surface area contributed by atoms with Gasteiger partial charge in [0.25, 0.3) is 0 Å². The van der Waals surface area contributed by atoms with Crippen molar-refractivity contribution in [1.29, 1.82) is 0 Å². The van der Waals surface area contributed by atoms with Crippen molar-refractivity contribution in [3.63, 3.8) is 0 Å². The number of hydrogen-bond donors (Lipinski definition) is 4. The van der Waals surface area contributed by atoms with Crippen molar-refractivity contribution in [2.75, 3.05) is 6.61 Å². The van der Waals surface area contributed by atoms with Crippen molar-refractivity contribution in [2.45, 2.75) is 30.7 Å². The summed E-state index contributed by atoms with van der Waals surface area (Å²) < 4.78 is 10.5. The lowest BCUT2D eigenvalue weighted by molar-refractivity contribution is -0.277. The van der Waals surface area contributed by atoms with E-state index in [1.165, 1.54) is 24.3 Å². The summed E-state index contributed by atoms with van der Waals surface area (Å²) in [6.07, 6.45) is -5.94. The van der Waals surface area contributed by atoms with Gasteiger partial charge in [0.1, 0.15) is 36.5 Å². The number of ether oxygens (including phenoxy) is 2. The van der Waals surface area contributed by atoms with E-state index >= 15 is 0 Å². The topological polar surface area (TPSA) is 116 Å². The highest BCUT2D eigenvalue weighted by atomic mass is 16.7. The predicted molar refractivity (Wildman–Crippen MR) is 66.2 cm³/mol. The molecule has 7 nitrogen and oxygen atoms in total. The first kappa shape index (κ1) is 14.9. The van der Waals surface area contributed by atoms with Gasteiger partial charge in [-0.05, 0) is 24.3 Å². The standard InChI is InChI=1S/C13H16O7/c14-5-7-1-3-8(4-2-7)19-13-12(18)11(17)10(16)9(6-15)20-13/h1-5,9-13,15-18H,6H2/t9-,10+,11+,12-,13-/m0/s1. The first-order chi connectivity index (χ1) is 9.56. The van der Waals surface area contributed by atoms with E-state index in [1.54, 1.807) is 0 Å². The molecule has 0 aliphatic carbocycles. The van der Waals surface area contributed by atoms with Gasteiger partial charge in [-0.1, -0.05) is 0 Å². The second kappa shape index (κ2) is 6.29. The quantitative estimate of drug-likeness (QED) is 0.507. The maximum absolute atomic E-state index is 10.5. The summed E-state index contributed by atoms with van der Waals surface area (Å²) in [5.41, 5.74) is 0.464. The van der Waals surface area contributed by atoms with E-state index in [0.717, 1.165) is 0 Å². The van der Waals surface area contributed by atoms with E-state index in [4.69, 9.17) is 14.6 Å². The van der Waals surface area contributed by atoms with Gasteiger partial charge in [-0.2, -0.15) is 0 Å². The lowest BCUT2D eigenvalue weighted by Gasteiger charge is -2.39. The molecule has 7 heteroatoms. The first-order valence-corrected chi connectivity index (χ1v) is 6.09. The maximum Gasteiger partial charge on any atom is 0.229 e. The molecule has 2 rings (SSSR count). The van der Waals surface area contributed by atoms with Crippen molar-refractivity contribution in [3.05, 3.63) is 29.8 Å². The molecule has 0 radical (unpaired) electrons. The second-order valence-electron chi connectivity index (χ2n) is 4.50. The van der Waals surface area contributed by atoms with Crippen molar-refractivity contribution in [2.24, 2.45) is 0 Å². The highest BCUT2D eigenvalue weighted by Crippen LogP contribution is 2.24. The minimum atomic E-state index is -1.49. The number of carbonyl (C=O) groups is 1. The molecular weight excluding hydrogens is 268 g/mol. The SMILES string of the molecule is O=Cc1ccc(O[C@H]2O[C@@H](CO)[C@@H](O)[C@@H](O)[C@@H]2O)cc1. The van der Waals surface area contributed by atoms with Crippen molar-refractivity contribution in [1.82, 2.24) is 0 Å². The zero-order chi connectivity index (χ0) is 14.7. The van der Waals surface area contributed by atoms with Crippen LogP contribution in [0.2, 0.25) is 0 Å². The van der Waals surface area contributed by atoms with Crippen LogP contribution in [0.4, 0.5) is 0 Å². The fourth-order valence-electron chi connectivity index (χ4n) is 1.92. The Morgan fingerprint density at radius 2 is 1.75 bits per heavy atom. The van der Waals surface area contributed by atoms with Gasteiger partial charge in [-0.25, -0.2) is 0 Å². The number of carbonyl (C=O) groups excluding carboxylic acids is 1. The Bertz CT molecular complexity index is 445. The van der Waals surface area contributed by atoms with Crippen LogP contribution in [0.1, 0.15) is 10.4 Å². The first-order valence-electron chi connectivity index (χ1n) is 6.09. The largest absolute Gasteiger partial charge is 0.462 e. The number of hydrogen-bond acceptors (Lipinski definition) is 7. The minimum Gasteiger partial charge on any atom is -0.462 e. The maximum atomic E-state index is 10.5. The highest BCUT2D eigenvalue weighted by Gasteiger charge is 2.44. The highest BCUT2D eigenvalue weighted by molar-refractivity contribution is 5.74. The monoisotopic (exact) mass is 284 g/mol. The summed E-state index contributed by atoms with van der Waals surface area (Å²) in [6.45, 7) is -0.519. The van der Waals surface area contributed by atoms with Gasteiger partial charge in [-0.3, -0.25) is 4.79 Å². The van der Waals surface area contributed by atoms with Crippen LogP contribution in [0, 0.1) is 0 Å². The Hall–Kier alpha value is -1.51. The molecule has 1 aromatic carbocycles. The summed E-state index contributed by atoms with van der Waals surface area (Å²) >= 11 is 0. The third-order valence-corrected chi connectivity index (χ3v) is 3.12. The molecule has 5 atom stereocenters. The van der Waals surface area contributed by atoms with Gasteiger partial charge < -0.3 is 29.9 Å². The summed E-state index contributed by atoms with van der Waals surface area (Å²) in [6, 6.07) is 6.05. The molecule has 1 aromatic rings. The molecule has 1 aliphatic rings. The van der Waals surface area contributed by atoms with Gasteiger partial charge in [0.2, 0.25) is 6.29 Å². The van der Waals surface area contributed by atoms with Crippen LogP contribution in [0.15, 0.2) is 24.3 Å². The zero-order valence-electron chi connectivity index (χ0n) is 10.5. The predicted octanol–water partition coefficient (Wildman–Crippen LogP) is -1.32. The van der Waals surface area contributed by atoms with Crippen LogP contribution in [0.25, 0.3) is 0 Å². The van der Waals surface area contributed by atoms with Gasteiger partial charge in [0.05, 0.1) is 6.61 Å². The van der Waals surface area contributed by atoms with E-state index in [9.17, 15) is 20.1 Å². The molecule has 0 spiro atoms. The molecule has 1 heterocycles. The van der Waals surface area contributed by atoms with Gasteiger partial charge in [0.15, 0.2) is 0 Å². The van der Waals surface area contributed by atoms with Crippen LogP contribution in [0.3, 0.4) is 0 Å². The Balaban J connectivity index is 2.08. The fourth-order valence-corrected chi connectivity index (χ4v) is 1.92. The molecule has 4 N–H and O–H groups in total. The third kappa shape index (κ3) is 2.97. The number of rotatable bonds is 4. The lowest BCUT2D eigenvalue weighted by atomic mass is 9.99. The van der Waals surface area contributed by atoms with E-state index in [2.05, 4.69) is 0 Å². The molecule has 0 saturated carbocycles. The normalized spacial score (nSPS) is 33.7.